The molecule has 0 aliphatic heterocycles. The molecule has 1 amide bonds. The monoisotopic (exact) mass is 256 g/mol. The van der Waals surface area contributed by atoms with Crippen molar-refractivity contribution in [1.82, 2.24) is 5.32 Å². The molecule has 0 heterocycles. The first-order valence-electron chi connectivity index (χ1n) is 6.04. The molecule has 1 rings (SSSR count). The summed E-state index contributed by atoms with van der Waals surface area (Å²) in [5, 5.41) is 2.69. The zero-order valence-corrected chi connectivity index (χ0v) is 10.2. The highest BCUT2D eigenvalue weighted by atomic mass is 19.1. The van der Waals surface area contributed by atoms with Gasteiger partial charge in [-0.05, 0) is 31.0 Å². The second-order valence-electron chi connectivity index (χ2n) is 4.11. The highest BCUT2D eigenvalue weighted by Gasteiger charge is 2.08. The molecule has 0 unspecified atom stereocenters. The molecular weight excluding hydrogens is 238 g/mol. The minimum atomic E-state index is -0.687. The first kappa shape index (κ1) is 14.6. The first-order valence-corrected chi connectivity index (χ1v) is 6.04. The minimum absolute atomic E-state index is 0.0665. The molecule has 0 saturated heterocycles. The lowest BCUT2D eigenvalue weighted by molar-refractivity contribution is -0.120. The Bertz CT molecular complexity index is 397. The molecule has 0 atom stereocenters. The van der Waals surface area contributed by atoms with E-state index in [2.05, 4.69) is 5.32 Å². The highest BCUT2D eigenvalue weighted by molar-refractivity contribution is 5.78. The van der Waals surface area contributed by atoms with Gasteiger partial charge in [-0.1, -0.05) is 12.5 Å². The average Bonchev–Trinajstić information content (AvgIpc) is 2.32. The summed E-state index contributed by atoms with van der Waals surface area (Å²) in [6, 6.07) is 3.22. The number of nitrogens with two attached hydrogens (primary N) is 1. The number of nitrogens with one attached hydrogen (secondary N) is 1. The number of unbranched alkanes of at least 4 members (excludes halogenated alkanes) is 2. The van der Waals surface area contributed by atoms with E-state index in [-0.39, 0.29) is 17.9 Å². The molecular formula is C13H18F2N2O. The van der Waals surface area contributed by atoms with Crippen molar-refractivity contribution in [2.45, 2.75) is 25.7 Å². The van der Waals surface area contributed by atoms with Crippen molar-refractivity contribution < 1.29 is 13.6 Å². The maximum absolute atomic E-state index is 13.3. The lowest BCUT2D eigenvalue weighted by Gasteiger charge is -2.06. The van der Waals surface area contributed by atoms with Crippen molar-refractivity contribution >= 4 is 5.91 Å². The molecule has 0 aliphatic rings. The summed E-state index contributed by atoms with van der Waals surface area (Å²) in [6.45, 7) is 1.20. The van der Waals surface area contributed by atoms with Gasteiger partial charge in [0.2, 0.25) is 5.91 Å². The van der Waals surface area contributed by atoms with Crippen LogP contribution < -0.4 is 11.1 Å². The zero-order valence-electron chi connectivity index (χ0n) is 10.2. The lowest BCUT2D eigenvalue weighted by Crippen LogP contribution is -2.26. The van der Waals surface area contributed by atoms with Crippen molar-refractivity contribution in [1.29, 1.82) is 0 Å². The molecule has 5 heteroatoms. The van der Waals surface area contributed by atoms with E-state index < -0.39 is 11.6 Å². The van der Waals surface area contributed by atoms with E-state index in [1.165, 1.54) is 6.07 Å². The quantitative estimate of drug-likeness (QED) is 0.730. The molecule has 0 aliphatic carbocycles. The van der Waals surface area contributed by atoms with E-state index in [9.17, 15) is 13.6 Å². The standard InChI is InChI=1S/C13H18F2N2O/c14-11-5-4-10(12(15)9-11)8-13(18)17-7-3-1-2-6-16/h4-5,9H,1-3,6-8,16H2,(H,17,18). The number of carbonyl (C=O) groups excluding carboxylic acids is 1. The zero-order chi connectivity index (χ0) is 13.4. The summed E-state index contributed by atoms with van der Waals surface area (Å²) < 4.78 is 25.9. The van der Waals surface area contributed by atoms with Gasteiger partial charge in [-0.25, -0.2) is 8.78 Å². The van der Waals surface area contributed by atoms with Crippen LogP contribution in [0.2, 0.25) is 0 Å². The number of hydrogen-bond donors (Lipinski definition) is 2. The molecule has 0 saturated carbocycles. The molecule has 0 fully saturated rings. The topological polar surface area (TPSA) is 55.1 Å². The number of amides is 1. The van der Waals surface area contributed by atoms with Gasteiger partial charge in [0.05, 0.1) is 6.42 Å². The van der Waals surface area contributed by atoms with Crippen molar-refractivity contribution in [2.24, 2.45) is 5.73 Å². The fourth-order valence-electron chi connectivity index (χ4n) is 1.57. The van der Waals surface area contributed by atoms with E-state index in [0.717, 1.165) is 31.4 Å². The third kappa shape index (κ3) is 5.23. The molecule has 3 nitrogen and oxygen atoms in total. The Kier molecular flexibility index (Phi) is 6.28. The number of rotatable bonds is 7. The maximum atomic E-state index is 13.3. The second-order valence-corrected chi connectivity index (χ2v) is 4.11. The Balaban J connectivity index is 2.31. The molecule has 1 aromatic carbocycles. The van der Waals surface area contributed by atoms with Gasteiger partial charge in [0.15, 0.2) is 0 Å². The molecule has 0 bridgehead atoms. The van der Waals surface area contributed by atoms with Gasteiger partial charge < -0.3 is 11.1 Å². The predicted octanol–water partition coefficient (Wildman–Crippen LogP) is 1.75. The summed E-state index contributed by atoms with van der Waals surface area (Å²) >= 11 is 0. The summed E-state index contributed by atoms with van der Waals surface area (Å²) in [5.74, 6) is -1.58. The number of benzene rings is 1. The molecule has 3 N–H and O–H groups in total. The Morgan fingerprint density at radius 1 is 1.22 bits per heavy atom. The minimum Gasteiger partial charge on any atom is -0.356 e. The first-order chi connectivity index (χ1) is 8.63. The van der Waals surface area contributed by atoms with Gasteiger partial charge in [0.25, 0.3) is 0 Å². The van der Waals surface area contributed by atoms with Crippen LogP contribution in [0.3, 0.4) is 0 Å². The van der Waals surface area contributed by atoms with Crippen molar-refractivity contribution in [3.63, 3.8) is 0 Å². The molecule has 0 aromatic heterocycles. The molecule has 0 spiro atoms. The van der Waals surface area contributed by atoms with Crippen LogP contribution in [0.25, 0.3) is 0 Å². The maximum Gasteiger partial charge on any atom is 0.224 e. The van der Waals surface area contributed by atoms with Crippen LogP contribution in [0.4, 0.5) is 8.78 Å². The van der Waals surface area contributed by atoms with Crippen LogP contribution in [-0.2, 0) is 11.2 Å². The van der Waals surface area contributed by atoms with Gasteiger partial charge in [-0.2, -0.15) is 0 Å². The molecule has 1 aromatic rings. The van der Waals surface area contributed by atoms with Crippen molar-refractivity contribution in [3.8, 4) is 0 Å². The highest BCUT2D eigenvalue weighted by Crippen LogP contribution is 2.10. The van der Waals surface area contributed by atoms with Crippen LogP contribution >= 0.6 is 0 Å². The predicted molar refractivity (Wildman–Crippen MR) is 66.0 cm³/mol. The summed E-state index contributed by atoms with van der Waals surface area (Å²) in [6.07, 6.45) is 2.68. The van der Waals surface area contributed by atoms with Gasteiger partial charge in [-0.3, -0.25) is 4.79 Å². The van der Waals surface area contributed by atoms with Gasteiger partial charge in [0, 0.05) is 12.6 Å². The molecule has 18 heavy (non-hydrogen) atoms. The van der Waals surface area contributed by atoms with Crippen molar-refractivity contribution in [3.05, 3.63) is 35.4 Å². The van der Waals surface area contributed by atoms with E-state index in [4.69, 9.17) is 5.73 Å². The van der Waals surface area contributed by atoms with E-state index in [1.54, 1.807) is 0 Å². The van der Waals surface area contributed by atoms with E-state index in [1.807, 2.05) is 0 Å². The Morgan fingerprint density at radius 2 is 2.00 bits per heavy atom. The van der Waals surface area contributed by atoms with Gasteiger partial charge >= 0.3 is 0 Å². The van der Waals surface area contributed by atoms with E-state index in [0.29, 0.717) is 13.1 Å². The SMILES string of the molecule is NCCCCCNC(=O)Cc1ccc(F)cc1F. The van der Waals surface area contributed by atoms with Crippen LogP contribution in [0, 0.1) is 11.6 Å². The van der Waals surface area contributed by atoms with Gasteiger partial charge in [-0.15, -0.1) is 0 Å². The van der Waals surface area contributed by atoms with Gasteiger partial charge in [0.1, 0.15) is 11.6 Å². The third-order valence-electron chi connectivity index (χ3n) is 2.57. The summed E-state index contributed by atoms with van der Waals surface area (Å²) in [7, 11) is 0. The number of hydrogen-bond acceptors (Lipinski definition) is 2. The largest absolute Gasteiger partial charge is 0.356 e. The normalized spacial score (nSPS) is 10.4. The fourth-order valence-corrected chi connectivity index (χ4v) is 1.57. The van der Waals surface area contributed by atoms with Crippen LogP contribution in [0.5, 0.6) is 0 Å². The number of halogens is 2. The second kappa shape index (κ2) is 7.76. The van der Waals surface area contributed by atoms with E-state index >= 15 is 0 Å². The molecule has 100 valence electrons. The Labute approximate surface area is 105 Å². The molecule has 0 radical (unpaired) electrons. The van der Waals surface area contributed by atoms with Crippen LogP contribution in [0.15, 0.2) is 18.2 Å². The average molecular weight is 256 g/mol. The smallest absolute Gasteiger partial charge is 0.224 e. The number of carbonyl (C=O) groups is 1. The summed E-state index contributed by atoms with van der Waals surface area (Å²) in [4.78, 5) is 11.5. The third-order valence-corrected chi connectivity index (χ3v) is 2.57. The summed E-state index contributed by atoms with van der Waals surface area (Å²) in [5.41, 5.74) is 5.55. The lowest BCUT2D eigenvalue weighted by atomic mass is 10.1. The van der Waals surface area contributed by atoms with Crippen LogP contribution in [0.1, 0.15) is 24.8 Å². The van der Waals surface area contributed by atoms with Crippen LogP contribution in [-0.4, -0.2) is 19.0 Å². The van der Waals surface area contributed by atoms with Crippen molar-refractivity contribution in [2.75, 3.05) is 13.1 Å². The Morgan fingerprint density at radius 3 is 2.67 bits per heavy atom. The fraction of sp³-hybridized carbons (Fsp3) is 0.462. The Hall–Kier alpha value is -1.49.